The van der Waals surface area contributed by atoms with Crippen LogP contribution < -0.4 is 5.32 Å². The molecule has 100 valence electrons. The van der Waals surface area contributed by atoms with Crippen molar-refractivity contribution in [2.24, 2.45) is 0 Å². The van der Waals surface area contributed by atoms with E-state index in [0.29, 0.717) is 13.2 Å². The number of carbonyl (C=O) groups excluding carboxylic acids is 1. The minimum Gasteiger partial charge on any atom is -0.382 e. The molecule has 5 nitrogen and oxygen atoms in total. The van der Waals surface area contributed by atoms with Gasteiger partial charge in [0.25, 0.3) is 0 Å². The first-order chi connectivity index (χ1) is 8.27. The van der Waals surface area contributed by atoms with E-state index in [2.05, 4.69) is 5.32 Å². The van der Waals surface area contributed by atoms with Gasteiger partial charge in [-0.15, -0.1) is 0 Å². The number of methoxy groups -OCH3 is 2. The number of hydrogen-bond donors (Lipinski definition) is 1. The largest absolute Gasteiger partial charge is 0.382 e. The van der Waals surface area contributed by atoms with Gasteiger partial charge in [0.1, 0.15) is 0 Å². The number of carbonyl (C=O) groups is 1. The number of nitrogens with one attached hydrogen (secondary N) is 1. The van der Waals surface area contributed by atoms with Gasteiger partial charge in [-0.25, -0.2) is 4.79 Å². The lowest BCUT2D eigenvalue weighted by atomic mass is 10.2. The van der Waals surface area contributed by atoms with E-state index in [1.54, 1.807) is 14.2 Å². The standard InChI is InChI=1S/C12H24N2O3/c1-16-10-11(17-2)9-13-12(15)14-7-5-3-4-6-8-14/h11H,3-10H2,1-2H3,(H,13,15). The smallest absolute Gasteiger partial charge is 0.317 e. The summed E-state index contributed by atoms with van der Waals surface area (Å²) in [6, 6.07) is 0.0186. The minimum atomic E-state index is -0.0732. The number of hydrogen-bond acceptors (Lipinski definition) is 3. The maximum absolute atomic E-state index is 11.9. The summed E-state index contributed by atoms with van der Waals surface area (Å²) < 4.78 is 10.2. The quantitative estimate of drug-likeness (QED) is 0.791. The number of nitrogens with zero attached hydrogens (tertiary/aromatic N) is 1. The monoisotopic (exact) mass is 244 g/mol. The molecule has 0 bridgehead atoms. The molecule has 0 aliphatic carbocycles. The number of amides is 2. The van der Waals surface area contributed by atoms with Gasteiger partial charge in [0.2, 0.25) is 0 Å². The molecule has 17 heavy (non-hydrogen) atoms. The average Bonchev–Trinajstić information content (AvgIpc) is 2.62. The molecular formula is C12H24N2O3. The summed E-state index contributed by atoms with van der Waals surface area (Å²) >= 11 is 0. The predicted octanol–water partition coefficient (Wildman–Crippen LogP) is 1.23. The van der Waals surface area contributed by atoms with Crippen molar-refractivity contribution in [2.45, 2.75) is 31.8 Å². The van der Waals surface area contributed by atoms with Crippen LogP contribution in [0.15, 0.2) is 0 Å². The number of likely N-dealkylation sites (tertiary alicyclic amines) is 1. The van der Waals surface area contributed by atoms with Crippen LogP contribution in [0.2, 0.25) is 0 Å². The summed E-state index contributed by atoms with van der Waals surface area (Å²) in [6.07, 6.45) is 4.61. The number of ether oxygens (including phenoxy) is 2. The molecule has 0 aromatic carbocycles. The second-order valence-corrected chi connectivity index (χ2v) is 4.40. The molecule has 1 unspecified atom stereocenters. The van der Waals surface area contributed by atoms with Crippen LogP contribution in [0.25, 0.3) is 0 Å². The van der Waals surface area contributed by atoms with Gasteiger partial charge >= 0.3 is 6.03 Å². The van der Waals surface area contributed by atoms with Gasteiger partial charge in [0.15, 0.2) is 0 Å². The molecule has 1 fully saturated rings. The molecule has 1 aliphatic heterocycles. The Morgan fingerprint density at radius 1 is 1.24 bits per heavy atom. The summed E-state index contributed by atoms with van der Waals surface area (Å²) in [5.74, 6) is 0. The van der Waals surface area contributed by atoms with Gasteiger partial charge in [-0.1, -0.05) is 12.8 Å². The summed E-state index contributed by atoms with van der Waals surface area (Å²) in [7, 11) is 3.25. The zero-order chi connectivity index (χ0) is 12.5. The van der Waals surface area contributed by atoms with E-state index in [-0.39, 0.29) is 12.1 Å². The molecule has 1 heterocycles. The van der Waals surface area contributed by atoms with Crippen LogP contribution in [0, 0.1) is 0 Å². The van der Waals surface area contributed by atoms with E-state index >= 15 is 0 Å². The van der Waals surface area contributed by atoms with Crippen molar-refractivity contribution in [3.63, 3.8) is 0 Å². The molecule has 2 amide bonds. The van der Waals surface area contributed by atoms with Crippen molar-refractivity contribution in [3.05, 3.63) is 0 Å². The highest BCUT2D eigenvalue weighted by Gasteiger charge is 2.16. The number of urea groups is 1. The zero-order valence-electron chi connectivity index (χ0n) is 10.9. The molecule has 1 saturated heterocycles. The van der Waals surface area contributed by atoms with Gasteiger partial charge < -0.3 is 19.7 Å². The molecule has 0 aromatic heterocycles. The van der Waals surface area contributed by atoms with Crippen molar-refractivity contribution in [2.75, 3.05) is 40.5 Å². The van der Waals surface area contributed by atoms with Crippen LogP contribution >= 0.6 is 0 Å². The van der Waals surface area contributed by atoms with Gasteiger partial charge in [-0.3, -0.25) is 0 Å². The molecule has 0 spiro atoms. The van der Waals surface area contributed by atoms with Crippen molar-refractivity contribution >= 4 is 6.03 Å². The Morgan fingerprint density at radius 3 is 2.41 bits per heavy atom. The Balaban J connectivity index is 2.26. The maximum Gasteiger partial charge on any atom is 0.317 e. The van der Waals surface area contributed by atoms with Crippen LogP contribution in [0.1, 0.15) is 25.7 Å². The highest BCUT2D eigenvalue weighted by Crippen LogP contribution is 2.09. The molecule has 5 heteroatoms. The maximum atomic E-state index is 11.9. The average molecular weight is 244 g/mol. The van der Waals surface area contributed by atoms with Crippen molar-refractivity contribution in [3.8, 4) is 0 Å². The van der Waals surface area contributed by atoms with E-state index in [4.69, 9.17) is 9.47 Å². The Bertz CT molecular complexity index is 216. The molecule has 0 aromatic rings. The molecule has 1 rings (SSSR count). The highest BCUT2D eigenvalue weighted by molar-refractivity contribution is 5.74. The Labute approximate surface area is 103 Å². The number of rotatable bonds is 5. The topological polar surface area (TPSA) is 50.8 Å². The van der Waals surface area contributed by atoms with Crippen LogP contribution in [0.5, 0.6) is 0 Å². The first-order valence-electron chi connectivity index (χ1n) is 6.32. The van der Waals surface area contributed by atoms with E-state index in [0.717, 1.165) is 25.9 Å². The lowest BCUT2D eigenvalue weighted by Crippen LogP contribution is -2.44. The van der Waals surface area contributed by atoms with Crippen LogP contribution in [-0.2, 0) is 9.47 Å². The molecule has 1 N–H and O–H groups in total. The van der Waals surface area contributed by atoms with Crippen molar-refractivity contribution in [1.29, 1.82) is 0 Å². The van der Waals surface area contributed by atoms with Gasteiger partial charge in [0, 0.05) is 33.9 Å². The molecule has 1 atom stereocenters. The Hall–Kier alpha value is -0.810. The van der Waals surface area contributed by atoms with Crippen LogP contribution in [0.3, 0.4) is 0 Å². The van der Waals surface area contributed by atoms with E-state index in [1.807, 2.05) is 4.90 Å². The predicted molar refractivity (Wildman–Crippen MR) is 66.1 cm³/mol. The third-order valence-electron chi connectivity index (χ3n) is 3.06. The van der Waals surface area contributed by atoms with Gasteiger partial charge in [-0.05, 0) is 12.8 Å². The third-order valence-corrected chi connectivity index (χ3v) is 3.06. The fraction of sp³-hybridized carbons (Fsp3) is 0.917. The molecule has 0 radical (unpaired) electrons. The lowest BCUT2D eigenvalue weighted by Gasteiger charge is -2.22. The fourth-order valence-electron chi connectivity index (χ4n) is 1.98. The zero-order valence-corrected chi connectivity index (χ0v) is 10.9. The van der Waals surface area contributed by atoms with Gasteiger partial charge in [-0.2, -0.15) is 0 Å². The van der Waals surface area contributed by atoms with Crippen molar-refractivity contribution in [1.82, 2.24) is 10.2 Å². The second-order valence-electron chi connectivity index (χ2n) is 4.40. The Kier molecular flexibility index (Phi) is 6.96. The highest BCUT2D eigenvalue weighted by atomic mass is 16.5. The second kappa shape index (κ2) is 8.31. The van der Waals surface area contributed by atoms with E-state index < -0.39 is 0 Å². The lowest BCUT2D eigenvalue weighted by molar-refractivity contribution is 0.0297. The van der Waals surface area contributed by atoms with E-state index in [1.165, 1.54) is 12.8 Å². The fourth-order valence-corrected chi connectivity index (χ4v) is 1.98. The first kappa shape index (κ1) is 14.3. The Morgan fingerprint density at radius 2 is 1.88 bits per heavy atom. The van der Waals surface area contributed by atoms with Gasteiger partial charge in [0.05, 0.1) is 12.7 Å². The third kappa shape index (κ3) is 5.37. The van der Waals surface area contributed by atoms with Crippen LogP contribution in [-0.4, -0.2) is 57.5 Å². The minimum absolute atomic E-state index is 0.0186. The molecular weight excluding hydrogens is 220 g/mol. The van der Waals surface area contributed by atoms with Crippen LogP contribution in [0.4, 0.5) is 4.79 Å². The summed E-state index contributed by atoms with van der Waals surface area (Å²) in [6.45, 7) is 2.73. The normalized spacial score (nSPS) is 18.6. The summed E-state index contributed by atoms with van der Waals surface area (Å²) in [5.41, 5.74) is 0. The van der Waals surface area contributed by atoms with Crippen molar-refractivity contribution < 1.29 is 14.3 Å². The molecule has 0 saturated carbocycles. The summed E-state index contributed by atoms with van der Waals surface area (Å²) in [5, 5.41) is 2.90. The summed E-state index contributed by atoms with van der Waals surface area (Å²) in [4.78, 5) is 13.8. The SMILES string of the molecule is COCC(CNC(=O)N1CCCCCC1)OC. The van der Waals surface area contributed by atoms with E-state index in [9.17, 15) is 4.79 Å². The first-order valence-corrected chi connectivity index (χ1v) is 6.32. The molecule has 1 aliphatic rings.